The maximum atomic E-state index is 13.2. The molecule has 0 N–H and O–H groups in total. The second-order valence-corrected chi connectivity index (χ2v) is 13.5. The van der Waals surface area contributed by atoms with E-state index in [9.17, 15) is 28.6 Å². The number of rotatable bonds is 13. The van der Waals surface area contributed by atoms with Crippen LogP contribution in [0, 0.1) is 21.4 Å². The van der Waals surface area contributed by atoms with Gasteiger partial charge in [-0.2, -0.15) is 5.26 Å². The molecule has 0 aliphatic carbocycles. The van der Waals surface area contributed by atoms with Crippen LogP contribution in [0.25, 0.3) is 0 Å². The number of amides is 1. The molecule has 1 heterocycles. The van der Waals surface area contributed by atoms with Crippen LogP contribution >= 0.6 is 11.6 Å². The van der Waals surface area contributed by atoms with E-state index in [0.717, 1.165) is 5.56 Å². The van der Waals surface area contributed by atoms with Crippen LogP contribution in [0.2, 0.25) is 5.02 Å². The Morgan fingerprint density at radius 3 is 2.42 bits per heavy atom. The molecular weight excluding hydrogens is 618 g/mol. The van der Waals surface area contributed by atoms with E-state index in [2.05, 4.69) is 11.0 Å². The number of likely N-dealkylation sites (N-methyl/N-ethyl adjacent to an activating group) is 1. The van der Waals surface area contributed by atoms with Crippen molar-refractivity contribution in [3.63, 3.8) is 0 Å². The minimum absolute atomic E-state index is 0.0499. The summed E-state index contributed by atoms with van der Waals surface area (Å²) in [5.74, 6) is -0.102. The van der Waals surface area contributed by atoms with Crippen molar-refractivity contribution < 1.29 is 22.9 Å². The van der Waals surface area contributed by atoms with Crippen LogP contribution < -0.4 is 0 Å². The van der Waals surface area contributed by atoms with Crippen molar-refractivity contribution in [2.24, 2.45) is 0 Å². The molecule has 0 aromatic heterocycles. The molecule has 0 bridgehead atoms. The minimum atomic E-state index is -3.67. The zero-order valence-corrected chi connectivity index (χ0v) is 26.6. The number of nitriles is 1. The number of nitro benzene ring substituents is 1. The van der Waals surface area contributed by atoms with Crippen molar-refractivity contribution in [3.05, 3.63) is 105 Å². The lowest BCUT2D eigenvalue weighted by Gasteiger charge is -2.37. The molecule has 3 aromatic rings. The average molecular weight is 654 g/mol. The van der Waals surface area contributed by atoms with E-state index in [4.69, 9.17) is 16.3 Å². The van der Waals surface area contributed by atoms with Gasteiger partial charge in [0.1, 0.15) is 13.2 Å². The van der Waals surface area contributed by atoms with E-state index in [1.807, 2.05) is 18.2 Å². The number of hydrogen-bond donors (Lipinski definition) is 0. The predicted octanol–water partition coefficient (Wildman–Crippen LogP) is 5.67. The molecule has 238 valence electrons. The summed E-state index contributed by atoms with van der Waals surface area (Å²) in [6.07, 6.45) is 1.40. The van der Waals surface area contributed by atoms with E-state index in [1.54, 1.807) is 43.4 Å². The van der Waals surface area contributed by atoms with Crippen molar-refractivity contribution >= 4 is 33.4 Å². The maximum Gasteiger partial charge on any atom is 0.411 e. The molecule has 1 fully saturated rings. The molecule has 45 heavy (non-hydrogen) atoms. The van der Waals surface area contributed by atoms with Gasteiger partial charge in [0, 0.05) is 49.9 Å². The molecule has 0 radical (unpaired) electrons. The number of carbonyl (C=O) groups excluding carboxylic acids is 1. The van der Waals surface area contributed by atoms with Crippen molar-refractivity contribution in [2.75, 3.05) is 39.8 Å². The molecule has 13 heteroatoms. The van der Waals surface area contributed by atoms with Gasteiger partial charge in [0.25, 0.3) is 5.69 Å². The first-order valence-electron chi connectivity index (χ1n) is 14.6. The van der Waals surface area contributed by atoms with Crippen LogP contribution in [-0.4, -0.2) is 79.4 Å². The highest BCUT2D eigenvalue weighted by Crippen LogP contribution is 2.27. The Bertz CT molecular complexity index is 1590. The smallest absolute Gasteiger partial charge is 0.411 e. The first-order valence-corrected chi connectivity index (χ1v) is 16.4. The van der Waals surface area contributed by atoms with Gasteiger partial charge in [-0.15, -0.1) is 0 Å². The number of carbonyl (C=O) groups is 1. The fourth-order valence-corrected chi connectivity index (χ4v) is 6.89. The van der Waals surface area contributed by atoms with Gasteiger partial charge >= 0.3 is 6.09 Å². The Kier molecular flexibility index (Phi) is 11.9. The highest BCUT2D eigenvalue weighted by molar-refractivity contribution is 7.89. The molecule has 0 unspecified atom stereocenters. The summed E-state index contributed by atoms with van der Waals surface area (Å²) in [5.41, 5.74) is 1.52. The normalized spacial score (nSPS) is 14.9. The van der Waals surface area contributed by atoms with E-state index < -0.39 is 21.0 Å². The highest BCUT2D eigenvalue weighted by Gasteiger charge is 2.30. The van der Waals surface area contributed by atoms with Crippen molar-refractivity contribution in [1.29, 1.82) is 5.26 Å². The third-order valence-corrected chi connectivity index (χ3v) is 10.1. The standard InChI is InChI=1S/C32H36ClN5O6S/c1-35(45(42,43)31-8-3-2-4-9-31)23-27(26-6-5-7-28(33)22-26)14-18-36-19-15-29(16-20-36)37(21-17-34)32(39)44-24-25-10-12-30(13-11-25)38(40)41/h2-13,22,27,29H,14-16,18-21,23-24H2,1H3/t27-/m1/s1. The van der Waals surface area contributed by atoms with Gasteiger partial charge in [0.15, 0.2) is 0 Å². The maximum absolute atomic E-state index is 13.2. The summed E-state index contributed by atoms with van der Waals surface area (Å²) in [4.78, 5) is 27.3. The molecule has 0 saturated carbocycles. The number of halogens is 1. The van der Waals surface area contributed by atoms with Crippen LogP contribution in [0.15, 0.2) is 83.8 Å². The molecule has 1 aliphatic heterocycles. The Morgan fingerprint density at radius 2 is 1.80 bits per heavy atom. The zero-order valence-electron chi connectivity index (χ0n) is 25.0. The molecule has 3 aromatic carbocycles. The number of hydrogen-bond acceptors (Lipinski definition) is 8. The van der Waals surface area contributed by atoms with Gasteiger partial charge in [0.05, 0.1) is 15.9 Å². The number of ether oxygens (including phenoxy) is 1. The largest absolute Gasteiger partial charge is 0.445 e. The summed E-state index contributed by atoms with van der Waals surface area (Å²) in [5, 5.41) is 20.8. The van der Waals surface area contributed by atoms with Gasteiger partial charge in [-0.05, 0) is 79.3 Å². The Labute approximate surface area is 268 Å². The lowest BCUT2D eigenvalue weighted by Crippen LogP contribution is -2.48. The van der Waals surface area contributed by atoms with E-state index in [1.165, 1.54) is 33.5 Å². The van der Waals surface area contributed by atoms with Crippen LogP contribution in [0.5, 0.6) is 0 Å². The number of nitrogens with zero attached hydrogens (tertiary/aromatic N) is 5. The molecule has 1 amide bonds. The number of likely N-dealkylation sites (tertiary alicyclic amines) is 1. The van der Waals surface area contributed by atoms with E-state index >= 15 is 0 Å². The van der Waals surface area contributed by atoms with Gasteiger partial charge < -0.3 is 9.64 Å². The summed E-state index contributed by atoms with van der Waals surface area (Å²) in [7, 11) is -2.08. The molecule has 1 atom stereocenters. The Morgan fingerprint density at radius 1 is 1.11 bits per heavy atom. The van der Waals surface area contributed by atoms with Gasteiger partial charge in [-0.3, -0.25) is 15.0 Å². The quantitative estimate of drug-likeness (QED) is 0.131. The fourth-order valence-electron chi connectivity index (χ4n) is 5.46. The number of piperidine rings is 1. The average Bonchev–Trinajstić information content (AvgIpc) is 3.05. The van der Waals surface area contributed by atoms with Crippen LogP contribution in [-0.2, 0) is 21.4 Å². The lowest BCUT2D eigenvalue weighted by atomic mass is 9.94. The third kappa shape index (κ3) is 9.25. The third-order valence-electron chi connectivity index (χ3n) is 8.03. The molecule has 1 aliphatic rings. The zero-order chi connectivity index (χ0) is 32.4. The summed E-state index contributed by atoms with van der Waals surface area (Å²) < 4.78 is 33.3. The molecule has 4 rings (SSSR count). The monoisotopic (exact) mass is 653 g/mol. The summed E-state index contributed by atoms with van der Waals surface area (Å²) in [6, 6.07) is 23.5. The topological polar surface area (TPSA) is 137 Å². The van der Waals surface area contributed by atoms with Crippen LogP contribution in [0.1, 0.15) is 36.3 Å². The second-order valence-electron chi connectivity index (χ2n) is 11.0. The van der Waals surface area contributed by atoms with Gasteiger partial charge in [-0.1, -0.05) is 41.9 Å². The Balaban J connectivity index is 1.34. The van der Waals surface area contributed by atoms with E-state index in [0.29, 0.717) is 49.5 Å². The van der Waals surface area contributed by atoms with Crippen molar-refractivity contribution in [2.45, 2.75) is 42.7 Å². The second kappa shape index (κ2) is 15.8. The summed E-state index contributed by atoms with van der Waals surface area (Å²) in [6.45, 7) is 2.22. The van der Waals surface area contributed by atoms with Gasteiger partial charge in [-0.25, -0.2) is 17.5 Å². The first kappa shape index (κ1) is 33.9. The number of benzene rings is 3. The predicted molar refractivity (Wildman–Crippen MR) is 170 cm³/mol. The Hall–Kier alpha value is -4.02. The summed E-state index contributed by atoms with van der Waals surface area (Å²) >= 11 is 6.30. The molecule has 1 saturated heterocycles. The fraction of sp³-hybridized carbons (Fsp3) is 0.375. The van der Waals surface area contributed by atoms with Crippen molar-refractivity contribution in [1.82, 2.24) is 14.1 Å². The van der Waals surface area contributed by atoms with E-state index in [-0.39, 0.29) is 42.2 Å². The van der Waals surface area contributed by atoms with Crippen LogP contribution in [0.3, 0.4) is 0 Å². The molecule has 11 nitrogen and oxygen atoms in total. The van der Waals surface area contributed by atoms with Gasteiger partial charge in [0.2, 0.25) is 10.0 Å². The van der Waals surface area contributed by atoms with Crippen molar-refractivity contribution in [3.8, 4) is 6.07 Å². The number of nitro groups is 1. The first-order chi connectivity index (χ1) is 21.6. The lowest BCUT2D eigenvalue weighted by molar-refractivity contribution is -0.384. The van der Waals surface area contributed by atoms with Crippen LogP contribution in [0.4, 0.5) is 10.5 Å². The molecule has 0 spiro atoms. The minimum Gasteiger partial charge on any atom is -0.445 e. The molecular formula is C32H36ClN5O6S. The number of non-ortho nitro benzene ring substituents is 1. The number of sulfonamides is 1. The highest BCUT2D eigenvalue weighted by atomic mass is 35.5. The SMILES string of the molecule is CN(C[C@@H](CCN1CCC(N(CC#N)C(=O)OCc2ccc([N+](=O)[O-])cc2)CC1)c1cccc(Cl)c1)S(=O)(=O)c1ccccc1.